The van der Waals surface area contributed by atoms with Crippen LogP contribution in [0.1, 0.15) is 0 Å². The second-order valence-corrected chi connectivity index (χ2v) is 2.92. The van der Waals surface area contributed by atoms with E-state index in [0.29, 0.717) is 0 Å². The second-order valence-electron chi connectivity index (χ2n) is 1.13. The van der Waals surface area contributed by atoms with Crippen LogP contribution in [0.2, 0.25) is 0 Å². The Hall–Kier alpha value is 0.630. The number of carbonyl (C=O) groups is 1. The first kappa shape index (κ1) is 9.63. The highest BCUT2D eigenvalue weighted by Gasteiger charge is 2.23. The highest BCUT2D eigenvalue weighted by atomic mass is 35.5. The van der Waals surface area contributed by atoms with Crippen LogP contribution in [-0.2, 0) is 9.08 Å². The molecule has 54 valence electrons. The minimum Gasteiger partial charge on any atom is -0.346 e. The minimum atomic E-state index is -1.11. The van der Waals surface area contributed by atoms with E-state index < -0.39 is 16.2 Å². The first-order chi connectivity index (χ1) is 4.09. The van der Waals surface area contributed by atoms with Crippen LogP contribution in [0.3, 0.4) is 0 Å². The molecule has 0 saturated carbocycles. The standard InChI is InChI=1S/C3H2Cl4O2/c4-1(2(5)6)3(8)9-7/h1-2H. The molecule has 0 fully saturated rings. The Bertz CT molecular complexity index is 104. The summed E-state index contributed by atoms with van der Waals surface area (Å²) >= 11 is 20.2. The van der Waals surface area contributed by atoms with E-state index in [1.165, 1.54) is 0 Å². The predicted molar refractivity (Wildman–Crippen MR) is 37.1 cm³/mol. The molecule has 0 aliphatic carbocycles. The first-order valence-electron chi connectivity index (χ1n) is 1.84. The van der Waals surface area contributed by atoms with Gasteiger partial charge in [-0.2, -0.15) is 0 Å². The van der Waals surface area contributed by atoms with Crippen molar-refractivity contribution in [2.75, 3.05) is 0 Å². The van der Waals surface area contributed by atoms with Crippen molar-refractivity contribution in [3.63, 3.8) is 0 Å². The molecule has 0 N–H and O–H groups in total. The highest BCUT2D eigenvalue weighted by Crippen LogP contribution is 2.15. The molecule has 1 atom stereocenters. The van der Waals surface area contributed by atoms with Gasteiger partial charge >= 0.3 is 5.97 Å². The highest BCUT2D eigenvalue weighted by molar-refractivity contribution is 6.51. The third kappa shape index (κ3) is 3.36. The lowest BCUT2D eigenvalue weighted by molar-refractivity contribution is -0.133. The molecular formula is C3H2Cl4O2. The fourth-order valence-corrected chi connectivity index (χ4v) is 0.537. The monoisotopic (exact) mass is 210 g/mol. The Balaban J connectivity index is 3.72. The van der Waals surface area contributed by atoms with Crippen LogP contribution >= 0.6 is 46.7 Å². The van der Waals surface area contributed by atoms with Gasteiger partial charge in [0.1, 0.15) is 16.7 Å². The average Bonchev–Trinajstić information content (AvgIpc) is 1.84. The van der Waals surface area contributed by atoms with Crippen LogP contribution < -0.4 is 0 Å². The van der Waals surface area contributed by atoms with Crippen LogP contribution in [-0.4, -0.2) is 16.2 Å². The van der Waals surface area contributed by atoms with Gasteiger partial charge in [0.05, 0.1) is 0 Å². The maximum Gasteiger partial charge on any atom is 0.345 e. The molecule has 0 rings (SSSR count). The second kappa shape index (κ2) is 4.45. The van der Waals surface area contributed by atoms with Gasteiger partial charge in [0, 0.05) is 0 Å². The van der Waals surface area contributed by atoms with Gasteiger partial charge in [-0.25, -0.2) is 4.79 Å². The third-order valence-corrected chi connectivity index (χ3v) is 1.87. The summed E-state index contributed by atoms with van der Waals surface area (Å²) in [6, 6.07) is 0. The number of alkyl halides is 3. The summed E-state index contributed by atoms with van der Waals surface area (Å²) in [4.78, 5) is 9.30. The van der Waals surface area contributed by atoms with Crippen LogP contribution in [0.25, 0.3) is 0 Å². The van der Waals surface area contributed by atoms with E-state index in [4.69, 9.17) is 34.8 Å². The van der Waals surface area contributed by atoms with E-state index in [1.54, 1.807) is 0 Å². The molecule has 0 aliphatic rings. The summed E-state index contributed by atoms with van der Waals surface area (Å²) < 4.78 is 3.71. The van der Waals surface area contributed by atoms with Crippen molar-refractivity contribution in [2.45, 2.75) is 10.2 Å². The quantitative estimate of drug-likeness (QED) is 0.655. The Morgan fingerprint density at radius 2 is 1.78 bits per heavy atom. The summed E-state index contributed by atoms with van der Waals surface area (Å²) in [5, 5.41) is -1.11. The van der Waals surface area contributed by atoms with Crippen LogP contribution in [0, 0.1) is 0 Å². The van der Waals surface area contributed by atoms with E-state index >= 15 is 0 Å². The fourth-order valence-electron chi connectivity index (χ4n) is 0.145. The zero-order valence-corrected chi connectivity index (χ0v) is 7.01. The fraction of sp³-hybridized carbons (Fsp3) is 0.667. The van der Waals surface area contributed by atoms with Gasteiger partial charge in [0.15, 0.2) is 5.38 Å². The first-order valence-corrected chi connectivity index (χ1v) is 3.46. The lowest BCUT2D eigenvalue weighted by Crippen LogP contribution is -2.20. The van der Waals surface area contributed by atoms with Crippen molar-refractivity contribution in [1.29, 1.82) is 0 Å². The number of hydrogen-bond acceptors (Lipinski definition) is 2. The maximum atomic E-state index is 10.3. The maximum absolute atomic E-state index is 10.3. The Morgan fingerprint density at radius 3 is 1.89 bits per heavy atom. The van der Waals surface area contributed by atoms with Gasteiger partial charge in [0.25, 0.3) is 0 Å². The Morgan fingerprint density at radius 1 is 1.33 bits per heavy atom. The van der Waals surface area contributed by atoms with Crippen molar-refractivity contribution in [3.8, 4) is 0 Å². The molecule has 0 aromatic rings. The molecule has 9 heavy (non-hydrogen) atoms. The number of carbonyl (C=O) groups excluding carboxylic acids is 1. The summed E-state index contributed by atoms with van der Waals surface area (Å²) in [6.07, 6.45) is 0. The lowest BCUT2D eigenvalue weighted by atomic mass is 10.5. The largest absolute Gasteiger partial charge is 0.346 e. The van der Waals surface area contributed by atoms with Gasteiger partial charge < -0.3 is 4.29 Å². The van der Waals surface area contributed by atoms with Gasteiger partial charge in [-0.05, 0) is 0 Å². The zero-order chi connectivity index (χ0) is 7.44. The van der Waals surface area contributed by atoms with E-state index in [2.05, 4.69) is 16.2 Å². The van der Waals surface area contributed by atoms with Gasteiger partial charge in [-0.15, -0.1) is 34.8 Å². The third-order valence-electron chi connectivity index (χ3n) is 0.522. The van der Waals surface area contributed by atoms with Crippen molar-refractivity contribution in [2.24, 2.45) is 0 Å². The number of rotatable bonds is 2. The molecule has 0 heterocycles. The molecule has 0 amide bonds. The summed E-state index contributed by atoms with van der Waals surface area (Å²) in [7, 11) is 0. The molecule has 0 aromatic heterocycles. The molecule has 1 unspecified atom stereocenters. The van der Waals surface area contributed by atoms with Crippen LogP contribution in [0.4, 0.5) is 0 Å². The Labute approximate surface area is 72.1 Å². The predicted octanol–water partition coefficient (Wildman–Crippen LogP) is 2.09. The molecule has 0 saturated heterocycles. The number of hydrogen-bond donors (Lipinski definition) is 0. The normalized spacial score (nSPS) is 13.4. The van der Waals surface area contributed by atoms with Gasteiger partial charge in [-0.3, -0.25) is 0 Å². The van der Waals surface area contributed by atoms with E-state index in [1.807, 2.05) is 0 Å². The smallest absolute Gasteiger partial charge is 0.345 e. The van der Waals surface area contributed by atoms with Crippen molar-refractivity contribution in [1.82, 2.24) is 0 Å². The van der Waals surface area contributed by atoms with Crippen molar-refractivity contribution >= 4 is 52.6 Å². The molecular weight excluding hydrogens is 210 g/mol. The van der Waals surface area contributed by atoms with E-state index in [-0.39, 0.29) is 0 Å². The summed E-state index contributed by atoms with van der Waals surface area (Å²) in [5.41, 5.74) is 0. The lowest BCUT2D eigenvalue weighted by Gasteiger charge is -2.03. The molecule has 0 radical (unpaired) electrons. The van der Waals surface area contributed by atoms with E-state index in [0.717, 1.165) is 0 Å². The van der Waals surface area contributed by atoms with E-state index in [9.17, 15) is 4.79 Å². The van der Waals surface area contributed by atoms with Crippen molar-refractivity contribution in [3.05, 3.63) is 0 Å². The summed E-state index contributed by atoms with van der Waals surface area (Å²) in [5.74, 6) is -0.853. The van der Waals surface area contributed by atoms with Gasteiger partial charge in [-0.1, -0.05) is 0 Å². The topological polar surface area (TPSA) is 26.3 Å². The molecule has 0 bridgehead atoms. The van der Waals surface area contributed by atoms with Gasteiger partial charge in [0.2, 0.25) is 0 Å². The average molecular weight is 212 g/mol. The zero-order valence-electron chi connectivity index (χ0n) is 3.98. The number of halogens is 4. The minimum absolute atomic E-state index is 0.853. The molecule has 0 aliphatic heterocycles. The summed E-state index contributed by atoms with van der Waals surface area (Å²) in [6.45, 7) is 0. The van der Waals surface area contributed by atoms with Crippen LogP contribution in [0.15, 0.2) is 0 Å². The molecule has 0 aromatic carbocycles. The van der Waals surface area contributed by atoms with Crippen LogP contribution in [0.5, 0.6) is 0 Å². The molecule has 6 heteroatoms. The van der Waals surface area contributed by atoms with Crippen molar-refractivity contribution < 1.29 is 9.08 Å². The molecule has 2 nitrogen and oxygen atoms in total. The molecule has 0 spiro atoms. The Kier molecular flexibility index (Phi) is 4.76. The SMILES string of the molecule is O=C(OCl)C(Cl)C(Cl)Cl.